The van der Waals surface area contributed by atoms with Crippen LogP contribution >= 0.6 is 11.8 Å². The zero-order valence-corrected chi connectivity index (χ0v) is 11.8. The van der Waals surface area contributed by atoms with Gasteiger partial charge in [0, 0.05) is 18.6 Å². The maximum atomic E-state index is 6.19. The molecule has 1 fully saturated rings. The van der Waals surface area contributed by atoms with Crippen molar-refractivity contribution in [1.29, 1.82) is 0 Å². The van der Waals surface area contributed by atoms with E-state index in [1.54, 1.807) is 0 Å². The van der Waals surface area contributed by atoms with Crippen molar-refractivity contribution in [1.82, 2.24) is 4.90 Å². The van der Waals surface area contributed by atoms with Crippen LogP contribution < -0.4 is 5.73 Å². The molecule has 1 rings (SSSR count). The van der Waals surface area contributed by atoms with Gasteiger partial charge in [-0.25, -0.2) is 0 Å². The van der Waals surface area contributed by atoms with Crippen molar-refractivity contribution in [2.75, 3.05) is 25.1 Å². The van der Waals surface area contributed by atoms with Gasteiger partial charge in [-0.1, -0.05) is 26.2 Å². The summed E-state index contributed by atoms with van der Waals surface area (Å²) in [5.41, 5.74) is 6.19. The fourth-order valence-corrected chi connectivity index (χ4v) is 3.18. The summed E-state index contributed by atoms with van der Waals surface area (Å²) in [6.45, 7) is 4.54. The summed E-state index contributed by atoms with van der Waals surface area (Å²) < 4.78 is 0. The third-order valence-corrected chi connectivity index (χ3v) is 4.30. The minimum Gasteiger partial charge on any atom is -0.327 e. The zero-order chi connectivity index (χ0) is 11.8. The first kappa shape index (κ1) is 14.3. The Balaban J connectivity index is 2.29. The fourth-order valence-electron chi connectivity index (χ4n) is 2.64. The van der Waals surface area contributed by atoms with Crippen LogP contribution in [0.4, 0.5) is 0 Å². The summed E-state index contributed by atoms with van der Waals surface area (Å²) in [6.07, 6.45) is 10.4. The van der Waals surface area contributed by atoms with Crippen molar-refractivity contribution in [3.05, 3.63) is 0 Å². The van der Waals surface area contributed by atoms with Crippen molar-refractivity contribution in [3.8, 4) is 0 Å². The van der Waals surface area contributed by atoms with Gasteiger partial charge < -0.3 is 5.73 Å². The van der Waals surface area contributed by atoms with E-state index in [1.165, 1.54) is 37.9 Å². The molecule has 1 aliphatic rings. The standard InChI is InChI=1S/C13H28N2S/c1-3-15(11-12(14)9-10-16-2)13-7-5-4-6-8-13/h12-13H,3-11,14H2,1-2H3. The molecule has 0 saturated heterocycles. The van der Waals surface area contributed by atoms with Crippen LogP contribution in [-0.2, 0) is 0 Å². The number of likely N-dealkylation sites (N-methyl/N-ethyl adjacent to an activating group) is 1. The monoisotopic (exact) mass is 244 g/mol. The average molecular weight is 244 g/mol. The van der Waals surface area contributed by atoms with Gasteiger partial charge in [0.2, 0.25) is 0 Å². The van der Waals surface area contributed by atoms with Crippen LogP contribution in [0.3, 0.4) is 0 Å². The SMILES string of the molecule is CCN(CC(N)CCSC)C1CCCCC1. The fraction of sp³-hybridized carbons (Fsp3) is 1.00. The molecule has 0 aliphatic heterocycles. The Kier molecular flexibility index (Phi) is 7.50. The lowest BCUT2D eigenvalue weighted by molar-refractivity contribution is 0.154. The highest BCUT2D eigenvalue weighted by molar-refractivity contribution is 7.98. The predicted octanol–water partition coefficient (Wildman–Crippen LogP) is 2.72. The van der Waals surface area contributed by atoms with E-state index < -0.39 is 0 Å². The molecule has 2 nitrogen and oxygen atoms in total. The minimum atomic E-state index is 0.370. The molecule has 0 aromatic rings. The van der Waals surface area contributed by atoms with E-state index in [2.05, 4.69) is 18.1 Å². The van der Waals surface area contributed by atoms with Crippen molar-refractivity contribution in [2.45, 2.75) is 57.5 Å². The van der Waals surface area contributed by atoms with Gasteiger partial charge in [0.05, 0.1) is 0 Å². The molecule has 1 atom stereocenters. The van der Waals surface area contributed by atoms with Gasteiger partial charge in [-0.2, -0.15) is 11.8 Å². The van der Waals surface area contributed by atoms with E-state index in [4.69, 9.17) is 5.73 Å². The largest absolute Gasteiger partial charge is 0.327 e. The van der Waals surface area contributed by atoms with Crippen LogP contribution in [0, 0.1) is 0 Å². The van der Waals surface area contributed by atoms with E-state index in [0.29, 0.717) is 6.04 Å². The van der Waals surface area contributed by atoms with E-state index >= 15 is 0 Å². The first-order valence-electron chi connectivity index (χ1n) is 6.76. The van der Waals surface area contributed by atoms with Crippen LogP contribution in [0.1, 0.15) is 45.4 Å². The maximum Gasteiger partial charge on any atom is 0.0175 e. The molecule has 0 spiro atoms. The minimum absolute atomic E-state index is 0.370. The highest BCUT2D eigenvalue weighted by Gasteiger charge is 2.21. The molecule has 0 aromatic heterocycles. The molecule has 2 N–H and O–H groups in total. The summed E-state index contributed by atoms with van der Waals surface area (Å²) in [4.78, 5) is 2.62. The Hall–Kier alpha value is 0.270. The molecular formula is C13H28N2S. The molecule has 0 bridgehead atoms. The number of hydrogen-bond acceptors (Lipinski definition) is 3. The van der Waals surface area contributed by atoms with Crippen molar-refractivity contribution < 1.29 is 0 Å². The molecule has 3 heteroatoms. The van der Waals surface area contributed by atoms with Crippen molar-refractivity contribution in [3.63, 3.8) is 0 Å². The van der Waals surface area contributed by atoms with Gasteiger partial charge in [-0.15, -0.1) is 0 Å². The Morgan fingerprint density at radius 1 is 1.31 bits per heavy atom. The number of nitrogens with two attached hydrogens (primary N) is 1. The summed E-state index contributed by atoms with van der Waals surface area (Å²) in [5.74, 6) is 1.20. The normalized spacial score (nSPS) is 20.2. The van der Waals surface area contributed by atoms with Crippen LogP contribution in [0.2, 0.25) is 0 Å². The second-order valence-electron chi connectivity index (χ2n) is 4.92. The Labute approximate surface area is 105 Å². The first-order valence-corrected chi connectivity index (χ1v) is 8.15. The van der Waals surface area contributed by atoms with E-state index in [1.807, 2.05) is 11.8 Å². The van der Waals surface area contributed by atoms with Gasteiger partial charge in [0.15, 0.2) is 0 Å². The number of rotatable bonds is 7. The predicted molar refractivity (Wildman–Crippen MR) is 75.1 cm³/mol. The molecule has 16 heavy (non-hydrogen) atoms. The maximum absolute atomic E-state index is 6.19. The summed E-state index contributed by atoms with van der Waals surface area (Å²) in [7, 11) is 0. The molecule has 1 aliphatic carbocycles. The zero-order valence-electron chi connectivity index (χ0n) is 11.0. The van der Waals surface area contributed by atoms with Crippen LogP contribution in [-0.4, -0.2) is 42.1 Å². The third kappa shape index (κ3) is 5.07. The summed E-state index contributed by atoms with van der Waals surface area (Å²) in [5, 5.41) is 0. The second kappa shape index (κ2) is 8.37. The smallest absolute Gasteiger partial charge is 0.0175 e. The molecule has 0 amide bonds. The number of nitrogens with zero attached hydrogens (tertiary/aromatic N) is 1. The van der Waals surface area contributed by atoms with E-state index in [9.17, 15) is 0 Å². The topological polar surface area (TPSA) is 29.3 Å². The van der Waals surface area contributed by atoms with Gasteiger partial charge in [0.1, 0.15) is 0 Å². The first-order chi connectivity index (χ1) is 7.77. The van der Waals surface area contributed by atoms with Crippen LogP contribution in [0.5, 0.6) is 0 Å². The highest BCUT2D eigenvalue weighted by atomic mass is 32.2. The highest BCUT2D eigenvalue weighted by Crippen LogP contribution is 2.22. The van der Waals surface area contributed by atoms with E-state index in [0.717, 1.165) is 25.6 Å². The van der Waals surface area contributed by atoms with E-state index in [-0.39, 0.29) is 0 Å². The van der Waals surface area contributed by atoms with Crippen LogP contribution in [0.25, 0.3) is 0 Å². The third-order valence-electron chi connectivity index (χ3n) is 3.66. The van der Waals surface area contributed by atoms with Gasteiger partial charge in [-0.05, 0) is 37.8 Å². The molecule has 96 valence electrons. The second-order valence-corrected chi connectivity index (χ2v) is 5.91. The average Bonchev–Trinajstić information content (AvgIpc) is 2.34. The summed E-state index contributed by atoms with van der Waals surface area (Å²) >= 11 is 1.90. The van der Waals surface area contributed by atoms with Gasteiger partial charge in [-0.3, -0.25) is 4.90 Å². The summed E-state index contributed by atoms with van der Waals surface area (Å²) in [6, 6.07) is 1.19. The lowest BCUT2D eigenvalue weighted by Crippen LogP contribution is -2.44. The Morgan fingerprint density at radius 3 is 2.56 bits per heavy atom. The molecule has 0 radical (unpaired) electrons. The molecule has 0 heterocycles. The van der Waals surface area contributed by atoms with Crippen molar-refractivity contribution >= 4 is 11.8 Å². The van der Waals surface area contributed by atoms with Crippen molar-refractivity contribution in [2.24, 2.45) is 5.73 Å². The van der Waals surface area contributed by atoms with Crippen LogP contribution in [0.15, 0.2) is 0 Å². The molecule has 1 unspecified atom stereocenters. The molecule has 1 saturated carbocycles. The quantitative estimate of drug-likeness (QED) is 0.746. The lowest BCUT2D eigenvalue weighted by atomic mass is 9.94. The molecular weight excluding hydrogens is 216 g/mol. The Bertz CT molecular complexity index is 169. The number of hydrogen-bond donors (Lipinski definition) is 1. The lowest BCUT2D eigenvalue weighted by Gasteiger charge is -2.35. The van der Waals surface area contributed by atoms with Gasteiger partial charge in [0.25, 0.3) is 0 Å². The number of thioether (sulfide) groups is 1. The Morgan fingerprint density at radius 2 is 2.00 bits per heavy atom. The van der Waals surface area contributed by atoms with Gasteiger partial charge >= 0.3 is 0 Å². The molecule has 0 aromatic carbocycles.